The summed E-state index contributed by atoms with van der Waals surface area (Å²) in [6.45, 7) is 2.56. The average molecular weight is 427 g/mol. The molecule has 0 aromatic heterocycles. The minimum absolute atomic E-state index is 0.0107. The predicted octanol–water partition coefficient (Wildman–Crippen LogP) is 1.14. The van der Waals surface area contributed by atoms with Gasteiger partial charge in [-0.3, -0.25) is 4.79 Å². The Morgan fingerprint density at radius 1 is 1.16 bits per heavy atom. The second kappa shape index (κ2) is 8.09. The fourth-order valence-corrected chi connectivity index (χ4v) is 3.06. The van der Waals surface area contributed by atoms with Gasteiger partial charge in [-0.05, 0) is 43.3 Å². The largest absolute Gasteiger partial charge is 0.324 e. The number of halogens is 1. The molecule has 0 spiro atoms. The van der Waals surface area contributed by atoms with E-state index in [2.05, 4.69) is 21.2 Å². The van der Waals surface area contributed by atoms with Crippen LogP contribution in [0.4, 0.5) is 5.69 Å². The highest BCUT2D eigenvalue weighted by molar-refractivity contribution is 9.10. The van der Waals surface area contributed by atoms with Crippen LogP contribution in [0.25, 0.3) is 0 Å². The van der Waals surface area contributed by atoms with Gasteiger partial charge in [0.2, 0.25) is 10.0 Å². The number of hydrogen-bond donors (Lipinski definition) is 3. The van der Waals surface area contributed by atoms with Crippen LogP contribution in [0.3, 0.4) is 0 Å². The molecule has 2 rings (SSSR count). The fraction of sp³-hybridized carbons (Fsp3) is 0.235. The predicted molar refractivity (Wildman–Crippen MR) is 101 cm³/mol. The van der Waals surface area contributed by atoms with E-state index in [4.69, 9.17) is 5.14 Å². The maximum atomic E-state index is 12.4. The topological polar surface area (TPSA) is 93.7 Å². The van der Waals surface area contributed by atoms with Crippen LogP contribution in [0, 0.1) is 0 Å². The standard InChI is InChI=1S/C17H20BrN3O3S/c1-12(21(2)11-13-3-5-14(18)6-4-13)17(22)20-15-7-9-16(10-8-15)25(19,23)24/h3-10,12H,11H2,1-2H3,(H,20,22)(H2,19,23,24)/p+1/t12-/m0/s1. The van der Waals surface area contributed by atoms with Crippen molar-refractivity contribution in [3.8, 4) is 0 Å². The Morgan fingerprint density at radius 2 is 1.72 bits per heavy atom. The molecule has 0 saturated heterocycles. The zero-order valence-electron chi connectivity index (χ0n) is 14.0. The summed E-state index contributed by atoms with van der Waals surface area (Å²) in [7, 11) is -1.78. The third kappa shape index (κ3) is 5.64. The summed E-state index contributed by atoms with van der Waals surface area (Å²) in [5, 5.41) is 7.85. The molecule has 1 amide bonds. The summed E-state index contributed by atoms with van der Waals surface area (Å²) < 4.78 is 23.5. The lowest BCUT2D eigenvalue weighted by atomic mass is 10.2. The minimum Gasteiger partial charge on any atom is -0.324 e. The van der Waals surface area contributed by atoms with E-state index in [-0.39, 0.29) is 16.8 Å². The number of hydrogen-bond acceptors (Lipinski definition) is 3. The Labute approximate surface area is 156 Å². The number of anilines is 1. The summed E-state index contributed by atoms with van der Waals surface area (Å²) >= 11 is 3.40. The van der Waals surface area contributed by atoms with Gasteiger partial charge in [0.1, 0.15) is 6.54 Å². The minimum atomic E-state index is -3.74. The van der Waals surface area contributed by atoms with Gasteiger partial charge in [0.25, 0.3) is 5.91 Å². The number of rotatable bonds is 6. The lowest BCUT2D eigenvalue weighted by Gasteiger charge is -2.21. The van der Waals surface area contributed by atoms with Crippen LogP contribution in [0.2, 0.25) is 0 Å². The van der Waals surface area contributed by atoms with Gasteiger partial charge in [0.05, 0.1) is 11.9 Å². The van der Waals surface area contributed by atoms with E-state index in [1.807, 2.05) is 38.2 Å². The Kier molecular flexibility index (Phi) is 6.34. The summed E-state index contributed by atoms with van der Waals surface area (Å²) in [4.78, 5) is 13.5. The van der Waals surface area contributed by atoms with E-state index in [0.29, 0.717) is 12.2 Å². The van der Waals surface area contributed by atoms with Crippen LogP contribution < -0.4 is 15.4 Å². The van der Waals surface area contributed by atoms with Crippen molar-refractivity contribution in [3.05, 3.63) is 58.6 Å². The molecule has 1 unspecified atom stereocenters. The van der Waals surface area contributed by atoms with Crippen molar-refractivity contribution in [2.45, 2.75) is 24.4 Å². The van der Waals surface area contributed by atoms with Crippen LogP contribution in [-0.2, 0) is 21.4 Å². The molecule has 0 heterocycles. The molecule has 6 nitrogen and oxygen atoms in total. The molecule has 0 aliphatic rings. The number of amides is 1. The van der Waals surface area contributed by atoms with Gasteiger partial charge in [-0.1, -0.05) is 28.1 Å². The van der Waals surface area contributed by atoms with Crippen molar-refractivity contribution in [1.29, 1.82) is 0 Å². The summed E-state index contributed by atoms with van der Waals surface area (Å²) in [5.41, 5.74) is 1.67. The van der Waals surface area contributed by atoms with E-state index in [0.717, 1.165) is 14.9 Å². The molecule has 0 aliphatic heterocycles. The Bertz CT molecular complexity index is 836. The molecule has 134 valence electrons. The van der Waals surface area contributed by atoms with Crippen LogP contribution in [0.5, 0.6) is 0 Å². The van der Waals surface area contributed by atoms with Gasteiger partial charge in [-0.2, -0.15) is 0 Å². The van der Waals surface area contributed by atoms with E-state index in [1.54, 1.807) is 0 Å². The second-order valence-electron chi connectivity index (χ2n) is 5.93. The average Bonchev–Trinajstić information content (AvgIpc) is 2.55. The Balaban J connectivity index is 1.98. The maximum absolute atomic E-state index is 12.4. The molecule has 2 aromatic rings. The number of benzene rings is 2. The quantitative estimate of drug-likeness (QED) is 0.646. The molecule has 0 bridgehead atoms. The third-order valence-corrected chi connectivity index (χ3v) is 5.44. The summed E-state index contributed by atoms with van der Waals surface area (Å²) in [5.74, 6) is -0.141. The van der Waals surface area contributed by atoms with Crippen LogP contribution in [0.15, 0.2) is 57.9 Å². The molecular weight excluding hydrogens is 406 g/mol. The molecular formula is C17H21BrN3O3S+. The first-order chi connectivity index (χ1) is 11.7. The highest BCUT2D eigenvalue weighted by atomic mass is 79.9. The normalized spacial score (nSPS) is 13.9. The molecule has 8 heteroatoms. The molecule has 25 heavy (non-hydrogen) atoms. The third-order valence-electron chi connectivity index (χ3n) is 3.98. The molecule has 0 radical (unpaired) electrons. The number of nitrogens with two attached hydrogens (primary N) is 1. The molecule has 2 atom stereocenters. The molecule has 0 saturated carbocycles. The van der Waals surface area contributed by atoms with Crippen molar-refractivity contribution < 1.29 is 18.1 Å². The number of nitrogens with one attached hydrogen (secondary N) is 2. The van der Waals surface area contributed by atoms with Gasteiger partial charge in [0.15, 0.2) is 6.04 Å². The number of primary sulfonamides is 1. The van der Waals surface area contributed by atoms with E-state index in [1.165, 1.54) is 24.3 Å². The van der Waals surface area contributed by atoms with Crippen molar-refractivity contribution in [2.24, 2.45) is 5.14 Å². The number of quaternary nitrogens is 1. The fourth-order valence-electron chi connectivity index (χ4n) is 2.28. The van der Waals surface area contributed by atoms with Gasteiger partial charge >= 0.3 is 0 Å². The lowest BCUT2D eigenvalue weighted by molar-refractivity contribution is -0.907. The maximum Gasteiger partial charge on any atom is 0.282 e. The highest BCUT2D eigenvalue weighted by Gasteiger charge is 2.22. The van der Waals surface area contributed by atoms with Gasteiger partial charge < -0.3 is 10.2 Å². The highest BCUT2D eigenvalue weighted by Crippen LogP contribution is 2.13. The van der Waals surface area contributed by atoms with Gasteiger partial charge in [-0.25, -0.2) is 13.6 Å². The van der Waals surface area contributed by atoms with Crippen molar-refractivity contribution in [3.63, 3.8) is 0 Å². The number of carbonyl (C=O) groups excluding carboxylic acids is 1. The van der Waals surface area contributed by atoms with Crippen molar-refractivity contribution >= 4 is 37.5 Å². The SMILES string of the molecule is C[C@@H](C(=O)Nc1ccc(S(N)(=O)=O)cc1)[NH+](C)Cc1ccc(Br)cc1. The first-order valence-corrected chi connectivity index (χ1v) is 10.0. The monoisotopic (exact) mass is 426 g/mol. The van der Waals surface area contributed by atoms with Crippen LogP contribution in [-0.4, -0.2) is 27.4 Å². The number of sulfonamides is 1. The molecule has 2 aromatic carbocycles. The van der Waals surface area contributed by atoms with E-state index < -0.39 is 10.0 Å². The molecule has 0 fully saturated rings. The van der Waals surface area contributed by atoms with E-state index >= 15 is 0 Å². The molecule has 0 aliphatic carbocycles. The lowest BCUT2D eigenvalue weighted by Crippen LogP contribution is -3.12. The van der Waals surface area contributed by atoms with Crippen LogP contribution >= 0.6 is 15.9 Å². The van der Waals surface area contributed by atoms with Crippen molar-refractivity contribution in [1.82, 2.24) is 0 Å². The first-order valence-electron chi connectivity index (χ1n) is 7.67. The zero-order chi connectivity index (χ0) is 18.6. The van der Waals surface area contributed by atoms with Crippen LogP contribution in [0.1, 0.15) is 12.5 Å². The summed E-state index contributed by atoms with van der Waals surface area (Å²) in [6, 6.07) is 13.5. The number of likely N-dealkylation sites (N-methyl/N-ethyl adjacent to an activating group) is 1. The first kappa shape index (κ1) is 19.6. The summed E-state index contributed by atoms with van der Waals surface area (Å²) in [6.07, 6.45) is 0. The van der Waals surface area contributed by atoms with Crippen molar-refractivity contribution in [2.75, 3.05) is 12.4 Å². The Morgan fingerprint density at radius 3 is 2.24 bits per heavy atom. The van der Waals surface area contributed by atoms with Gasteiger partial charge in [-0.15, -0.1) is 0 Å². The molecule has 4 N–H and O–H groups in total. The second-order valence-corrected chi connectivity index (χ2v) is 8.41. The van der Waals surface area contributed by atoms with Gasteiger partial charge in [0, 0.05) is 15.7 Å². The zero-order valence-corrected chi connectivity index (χ0v) is 16.4. The smallest absolute Gasteiger partial charge is 0.282 e. The Hall–Kier alpha value is -1.74. The number of carbonyl (C=O) groups is 1. The van der Waals surface area contributed by atoms with E-state index in [9.17, 15) is 13.2 Å².